The fourth-order valence-corrected chi connectivity index (χ4v) is 1.47. The second-order valence-corrected chi connectivity index (χ2v) is 3.77. The summed E-state index contributed by atoms with van der Waals surface area (Å²) in [4.78, 5) is 15.4. The summed E-state index contributed by atoms with van der Waals surface area (Å²) in [5.74, 6) is 0.0801. The summed E-state index contributed by atoms with van der Waals surface area (Å²) in [5.41, 5.74) is 2.63. The normalized spacial score (nSPS) is 10.6. The van der Waals surface area contributed by atoms with Gasteiger partial charge in [0.05, 0.1) is 5.69 Å². The molecule has 0 bridgehead atoms. The van der Waals surface area contributed by atoms with E-state index >= 15 is 0 Å². The molecule has 0 saturated carbocycles. The van der Waals surface area contributed by atoms with Gasteiger partial charge >= 0.3 is 0 Å². The maximum Gasteiger partial charge on any atom is 0.159 e. The molecule has 0 unspecified atom stereocenters. The van der Waals surface area contributed by atoms with Crippen LogP contribution in [0.1, 0.15) is 22.8 Å². The van der Waals surface area contributed by atoms with Crippen molar-refractivity contribution in [3.63, 3.8) is 0 Å². The van der Waals surface area contributed by atoms with Gasteiger partial charge in [-0.25, -0.2) is 0 Å². The lowest BCUT2D eigenvalue weighted by Gasteiger charge is -1.96. The van der Waals surface area contributed by atoms with Gasteiger partial charge < -0.3 is 0 Å². The Morgan fingerprint density at radius 3 is 2.24 bits per heavy atom. The minimum atomic E-state index is 0.0801. The van der Waals surface area contributed by atoms with E-state index in [2.05, 4.69) is 4.99 Å². The Labute approximate surface area is 101 Å². The van der Waals surface area contributed by atoms with Crippen LogP contribution in [0.5, 0.6) is 0 Å². The first kappa shape index (κ1) is 11.3. The standard InChI is InChI=1S/C15H13NO/c1-12(17)14-9-7-13(8-10-14)11-16-15-5-3-2-4-6-15/h2-11H,1H3. The molecule has 0 aliphatic carbocycles. The van der Waals surface area contributed by atoms with E-state index in [4.69, 9.17) is 0 Å². The SMILES string of the molecule is CC(=O)c1ccc(C=Nc2ccccc2)cc1. The number of rotatable bonds is 3. The smallest absolute Gasteiger partial charge is 0.159 e. The molecule has 0 atom stereocenters. The molecule has 0 spiro atoms. The third kappa shape index (κ3) is 3.11. The first-order valence-corrected chi connectivity index (χ1v) is 5.46. The fraction of sp³-hybridized carbons (Fsp3) is 0.0667. The summed E-state index contributed by atoms with van der Waals surface area (Å²) in [6.07, 6.45) is 1.79. The highest BCUT2D eigenvalue weighted by Crippen LogP contribution is 2.10. The summed E-state index contributed by atoms with van der Waals surface area (Å²) in [7, 11) is 0. The molecule has 0 fully saturated rings. The van der Waals surface area contributed by atoms with E-state index in [1.54, 1.807) is 13.1 Å². The van der Waals surface area contributed by atoms with Crippen LogP contribution in [0.3, 0.4) is 0 Å². The number of carbonyl (C=O) groups excluding carboxylic acids is 1. The third-order valence-corrected chi connectivity index (χ3v) is 2.44. The fourth-order valence-electron chi connectivity index (χ4n) is 1.47. The lowest BCUT2D eigenvalue weighted by atomic mass is 10.1. The zero-order valence-electron chi connectivity index (χ0n) is 9.63. The maximum atomic E-state index is 11.1. The molecule has 0 aromatic heterocycles. The molecule has 0 N–H and O–H groups in total. The average molecular weight is 223 g/mol. The molecule has 0 aliphatic heterocycles. The van der Waals surface area contributed by atoms with E-state index in [9.17, 15) is 4.79 Å². The molecule has 0 radical (unpaired) electrons. The van der Waals surface area contributed by atoms with Gasteiger partial charge in [-0.2, -0.15) is 0 Å². The van der Waals surface area contributed by atoms with Gasteiger partial charge in [0.15, 0.2) is 5.78 Å². The van der Waals surface area contributed by atoms with Gasteiger partial charge in [-0.1, -0.05) is 42.5 Å². The van der Waals surface area contributed by atoms with E-state index < -0.39 is 0 Å². The van der Waals surface area contributed by atoms with Gasteiger partial charge in [-0.15, -0.1) is 0 Å². The number of benzene rings is 2. The van der Waals surface area contributed by atoms with Crippen LogP contribution < -0.4 is 0 Å². The van der Waals surface area contributed by atoms with Crippen molar-refractivity contribution in [3.05, 3.63) is 65.7 Å². The van der Waals surface area contributed by atoms with Crippen molar-refractivity contribution in [2.75, 3.05) is 0 Å². The molecule has 2 nitrogen and oxygen atoms in total. The lowest BCUT2D eigenvalue weighted by molar-refractivity contribution is 0.101. The van der Waals surface area contributed by atoms with Gasteiger partial charge in [0.2, 0.25) is 0 Å². The molecule has 2 aromatic rings. The van der Waals surface area contributed by atoms with Crippen LogP contribution in [0.25, 0.3) is 0 Å². The number of hydrogen-bond donors (Lipinski definition) is 0. The molecule has 2 aromatic carbocycles. The summed E-state index contributed by atoms with van der Waals surface area (Å²) in [6.45, 7) is 1.56. The van der Waals surface area contributed by atoms with Crippen LogP contribution in [0.15, 0.2) is 59.6 Å². The van der Waals surface area contributed by atoms with E-state index in [0.29, 0.717) is 0 Å². The van der Waals surface area contributed by atoms with E-state index in [1.165, 1.54) is 0 Å². The molecule has 2 heteroatoms. The predicted octanol–water partition coefficient (Wildman–Crippen LogP) is 3.64. The van der Waals surface area contributed by atoms with Crippen molar-refractivity contribution in [3.8, 4) is 0 Å². The van der Waals surface area contributed by atoms with Crippen molar-refractivity contribution < 1.29 is 4.79 Å². The lowest BCUT2D eigenvalue weighted by Crippen LogP contribution is -1.91. The second kappa shape index (κ2) is 5.21. The van der Waals surface area contributed by atoms with E-state index in [1.807, 2.05) is 54.6 Å². The van der Waals surface area contributed by atoms with Crippen molar-refractivity contribution in [1.82, 2.24) is 0 Å². The van der Waals surface area contributed by atoms with Crippen LogP contribution >= 0.6 is 0 Å². The Kier molecular flexibility index (Phi) is 3.46. The topological polar surface area (TPSA) is 29.4 Å². The van der Waals surface area contributed by atoms with Gasteiger partial charge in [0.25, 0.3) is 0 Å². The van der Waals surface area contributed by atoms with Crippen molar-refractivity contribution >= 4 is 17.7 Å². The number of Topliss-reactive ketones (excluding diaryl/α,β-unsaturated/α-hetero) is 1. The molecule has 0 amide bonds. The molecule has 2 rings (SSSR count). The predicted molar refractivity (Wildman–Crippen MR) is 70.1 cm³/mol. The minimum Gasteiger partial charge on any atom is -0.295 e. The minimum absolute atomic E-state index is 0.0801. The number of hydrogen-bond acceptors (Lipinski definition) is 2. The number of carbonyl (C=O) groups is 1. The number of ketones is 1. The molecule has 0 aliphatic rings. The molecule has 0 heterocycles. The van der Waals surface area contributed by atoms with Crippen LogP contribution in [0, 0.1) is 0 Å². The van der Waals surface area contributed by atoms with Gasteiger partial charge in [-0.3, -0.25) is 9.79 Å². The van der Waals surface area contributed by atoms with Crippen LogP contribution in [-0.4, -0.2) is 12.0 Å². The third-order valence-electron chi connectivity index (χ3n) is 2.44. The Bertz CT molecular complexity index is 527. The molecule has 17 heavy (non-hydrogen) atoms. The van der Waals surface area contributed by atoms with Crippen molar-refractivity contribution in [2.45, 2.75) is 6.92 Å². The van der Waals surface area contributed by atoms with Gasteiger partial charge in [0.1, 0.15) is 0 Å². The highest BCUT2D eigenvalue weighted by Gasteiger charge is 1.97. The molecular formula is C15H13NO. The second-order valence-electron chi connectivity index (χ2n) is 3.77. The quantitative estimate of drug-likeness (QED) is 0.577. The maximum absolute atomic E-state index is 11.1. The van der Waals surface area contributed by atoms with E-state index in [0.717, 1.165) is 16.8 Å². The first-order chi connectivity index (χ1) is 8.25. The Hall–Kier alpha value is -2.22. The highest BCUT2D eigenvalue weighted by atomic mass is 16.1. The van der Waals surface area contributed by atoms with Crippen LogP contribution in [0.4, 0.5) is 5.69 Å². The largest absolute Gasteiger partial charge is 0.295 e. The number of aliphatic imine (C=N–C) groups is 1. The molecule has 0 saturated heterocycles. The summed E-state index contributed by atoms with van der Waals surface area (Å²) >= 11 is 0. The Morgan fingerprint density at radius 2 is 1.65 bits per heavy atom. The first-order valence-electron chi connectivity index (χ1n) is 5.46. The van der Waals surface area contributed by atoms with E-state index in [-0.39, 0.29) is 5.78 Å². The van der Waals surface area contributed by atoms with Crippen molar-refractivity contribution in [2.24, 2.45) is 4.99 Å². The summed E-state index contributed by atoms with van der Waals surface area (Å²) in [5, 5.41) is 0. The van der Waals surface area contributed by atoms with Crippen molar-refractivity contribution in [1.29, 1.82) is 0 Å². The Balaban J connectivity index is 2.14. The average Bonchev–Trinajstić information content (AvgIpc) is 2.38. The number of nitrogens with zero attached hydrogens (tertiary/aromatic N) is 1. The summed E-state index contributed by atoms with van der Waals surface area (Å²) in [6, 6.07) is 17.2. The zero-order chi connectivity index (χ0) is 12.1. The van der Waals surface area contributed by atoms with Crippen LogP contribution in [0.2, 0.25) is 0 Å². The zero-order valence-corrected chi connectivity index (χ0v) is 9.63. The monoisotopic (exact) mass is 223 g/mol. The molecule has 84 valence electrons. The van der Waals surface area contributed by atoms with Gasteiger partial charge in [-0.05, 0) is 24.6 Å². The highest BCUT2D eigenvalue weighted by molar-refractivity contribution is 5.94. The Morgan fingerprint density at radius 1 is 1.00 bits per heavy atom. The summed E-state index contributed by atoms with van der Waals surface area (Å²) < 4.78 is 0. The van der Waals surface area contributed by atoms with Crippen LogP contribution in [-0.2, 0) is 0 Å². The van der Waals surface area contributed by atoms with Gasteiger partial charge in [0, 0.05) is 11.8 Å². The molecular weight excluding hydrogens is 210 g/mol. The number of para-hydroxylation sites is 1.